The molecule has 1 amide bonds. The summed E-state index contributed by atoms with van der Waals surface area (Å²) < 4.78 is 0. The summed E-state index contributed by atoms with van der Waals surface area (Å²) in [5.74, 6) is -3.70. The molecule has 0 fully saturated rings. The number of aliphatic carboxylic acids is 2. The predicted molar refractivity (Wildman–Crippen MR) is 71.8 cm³/mol. The van der Waals surface area contributed by atoms with Crippen LogP contribution in [-0.4, -0.2) is 46.0 Å². The number of halogens is 1. The highest BCUT2D eigenvalue weighted by Gasteiger charge is 2.23. The van der Waals surface area contributed by atoms with Gasteiger partial charge in [-0.15, -0.1) is 0 Å². The SMILES string of the molecule is CC(CN(CC(=O)O)C(=O)c1ccc(Cl)cc1)C(=O)O. The topological polar surface area (TPSA) is 94.9 Å². The third-order valence-corrected chi connectivity index (χ3v) is 2.87. The molecule has 0 radical (unpaired) electrons. The van der Waals surface area contributed by atoms with Gasteiger partial charge in [0, 0.05) is 17.1 Å². The van der Waals surface area contributed by atoms with Crippen molar-refractivity contribution in [3.05, 3.63) is 34.9 Å². The lowest BCUT2D eigenvalue weighted by molar-refractivity contribution is -0.143. The zero-order chi connectivity index (χ0) is 15.3. The second-order valence-corrected chi connectivity index (χ2v) is 4.76. The average Bonchev–Trinajstić information content (AvgIpc) is 2.37. The molecule has 0 aliphatic carbocycles. The summed E-state index contributed by atoms with van der Waals surface area (Å²) >= 11 is 5.71. The largest absolute Gasteiger partial charge is 0.481 e. The van der Waals surface area contributed by atoms with Gasteiger partial charge >= 0.3 is 11.9 Å². The molecule has 0 bridgehead atoms. The Balaban J connectivity index is 2.91. The molecule has 0 saturated carbocycles. The van der Waals surface area contributed by atoms with Gasteiger partial charge in [-0.25, -0.2) is 0 Å². The van der Waals surface area contributed by atoms with E-state index in [1.165, 1.54) is 31.2 Å². The Morgan fingerprint density at radius 1 is 1.20 bits per heavy atom. The quantitative estimate of drug-likeness (QED) is 0.831. The van der Waals surface area contributed by atoms with E-state index < -0.39 is 30.3 Å². The molecule has 1 unspecified atom stereocenters. The smallest absolute Gasteiger partial charge is 0.323 e. The molecule has 0 aromatic heterocycles. The number of benzene rings is 1. The van der Waals surface area contributed by atoms with Crippen molar-refractivity contribution in [1.82, 2.24) is 4.90 Å². The monoisotopic (exact) mass is 299 g/mol. The number of amides is 1. The van der Waals surface area contributed by atoms with Crippen LogP contribution in [0.4, 0.5) is 0 Å². The normalized spacial score (nSPS) is 11.7. The Hall–Kier alpha value is -2.08. The van der Waals surface area contributed by atoms with Crippen LogP contribution >= 0.6 is 11.6 Å². The van der Waals surface area contributed by atoms with Crippen LogP contribution in [-0.2, 0) is 9.59 Å². The molecule has 20 heavy (non-hydrogen) atoms. The summed E-state index contributed by atoms with van der Waals surface area (Å²) in [6.45, 7) is 0.675. The number of carbonyl (C=O) groups is 3. The Labute approximate surface area is 120 Å². The standard InChI is InChI=1S/C13H14ClNO5/c1-8(13(19)20)6-15(7-11(16)17)12(18)9-2-4-10(14)5-3-9/h2-5,8H,6-7H2,1H3,(H,16,17)(H,19,20). The molecule has 2 N–H and O–H groups in total. The average molecular weight is 300 g/mol. The number of carbonyl (C=O) groups excluding carboxylic acids is 1. The summed E-state index contributed by atoms with van der Waals surface area (Å²) in [7, 11) is 0. The van der Waals surface area contributed by atoms with Crippen LogP contribution in [0.25, 0.3) is 0 Å². The summed E-state index contributed by atoms with van der Waals surface area (Å²) in [5, 5.41) is 18.1. The third kappa shape index (κ3) is 4.55. The van der Waals surface area contributed by atoms with Gasteiger partial charge < -0.3 is 15.1 Å². The van der Waals surface area contributed by atoms with Crippen molar-refractivity contribution >= 4 is 29.4 Å². The number of hydrogen-bond donors (Lipinski definition) is 2. The van der Waals surface area contributed by atoms with Crippen LogP contribution in [0.2, 0.25) is 5.02 Å². The van der Waals surface area contributed by atoms with Gasteiger partial charge in [0.2, 0.25) is 0 Å². The van der Waals surface area contributed by atoms with E-state index in [4.69, 9.17) is 21.8 Å². The minimum Gasteiger partial charge on any atom is -0.481 e. The maximum absolute atomic E-state index is 12.2. The summed E-state index contributed by atoms with van der Waals surface area (Å²) in [6.07, 6.45) is 0. The van der Waals surface area contributed by atoms with E-state index >= 15 is 0 Å². The van der Waals surface area contributed by atoms with Crippen LogP contribution in [0.15, 0.2) is 24.3 Å². The van der Waals surface area contributed by atoms with Gasteiger partial charge in [0.05, 0.1) is 5.92 Å². The minimum absolute atomic E-state index is 0.177. The lowest BCUT2D eigenvalue weighted by Gasteiger charge is -2.22. The lowest BCUT2D eigenvalue weighted by atomic mass is 10.1. The number of carboxylic acid groups (broad SMARTS) is 2. The first-order chi connectivity index (χ1) is 9.31. The maximum Gasteiger partial charge on any atom is 0.323 e. The molecule has 6 nitrogen and oxygen atoms in total. The third-order valence-electron chi connectivity index (χ3n) is 2.62. The zero-order valence-corrected chi connectivity index (χ0v) is 11.5. The second kappa shape index (κ2) is 6.91. The fraction of sp³-hybridized carbons (Fsp3) is 0.308. The van der Waals surface area contributed by atoms with E-state index in [0.717, 1.165) is 4.90 Å². The molecule has 0 heterocycles. The van der Waals surface area contributed by atoms with Crippen molar-refractivity contribution in [3.8, 4) is 0 Å². The highest BCUT2D eigenvalue weighted by molar-refractivity contribution is 6.30. The highest BCUT2D eigenvalue weighted by Crippen LogP contribution is 2.12. The number of nitrogens with zero attached hydrogens (tertiary/aromatic N) is 1. The molecular formula is C13H14ClNO5. The van der Waals surface area contributed by atoms with Crippen molar-refractivity contribution < 1.29 is 24.6 Å². The van der Waals surface area contributed by atoms with Gasteiger partial charge in [-0.05, 0) is 24.3 Å². The van der Waals surface area contributed by atoms with Gasteiger partial charge in [-0.3, -0.25) is 14.4 Å². The summed E-state index contributed by atoms with van der Waals surface area (Å²) in [5.41, 5.74) is 0.258. The Kier molecular flexibility index (Phi) is 5.52. The molecule has 108 valence electrons. The first-order valence-electron chi connectivity index (χ1n) is 5.80. The van der Waals surface area contributed by atoms with Crippen LogP contribution in [0.1, 0.15) is 17.3 Å². The molecule has 7 heteroatoms. The fourth-order valence-corrected chi connectivity index (χ4v) is 1.69. The van der Waals surface area contributed by atoms with Crippen LogP contribution in [0.5, 0.6) is 0 Å². The molecule has 1 rings (SSSR count). The Morgan fingerprint density at radius 3 is 2.20 bits per heavy atom. The van der Waals surface area contributed by atoms with Crippen molar-refractivity contribution in [3.63, 3.8) is 0 Å². The van der Waals surface area contributed by atoms with Crippen molar-refractivity contribution in [2.75, 3.05) is 13.1 Å². The maximum atomic E-state index is 12.2. The molecule has 0 saturated heterocycles. The van der Waals surface area contributed by atoms with Crippen LogP contribution in [0, 0.1) is 5.92 Å². The zero-order valence-electron chi connectivity index (χ0n) is 10.7. The van der Waals surface area contributed by atoms with Crippen LogP contribution in [0.3, 0.4) is 0 Å². The number of hydrogen-bond acceptors (Lipinski definition) is 3. The van der Waals surface area contributed by atoms with Gasteiger partial charge in [-0.1, -0.05) is 18.5 Å². The fourth-order valence-electron chi connectivity index (χ4n) is 1.57. The number of rotatable bonds is 6. The van der Waals surface area contributed by atoms with Gasteiger partial charge in [0.1, 0.15) is 6.54 Å². The Bertz CT molecular complexity index is 514. The summed E-state index contributed by atoms with van der Waals surface area (Å²) in [4.78, 5) is 34.8. The van der Waals surface area contributed by atoms with Crippen molar-refractivity contribution in [1.29, 1.82) is 0 Å². The first kappa shape index (κ1) is 16.0. The minimum atomic E-state index is -1.20. The van der Waals surface area contributed by atoms with Gasteiger partial charge in [0.25, 0.3) is 5.91 Å². The lowest BCUT2D eigenvalue weighted by Crippen LogP contribution is -2.40. The van der Waals surface area contributed by atoms with Crippen LogP contribution < -0.4 is 0 Å². The highest BCUT2D eigenvalue weighted by atomic mass is 35.5. The molecule has 1 atom stereocenters. The molecule has 0 aliphatic rings. The molecule has 1 aromatic carbocycles. The Morgan fingerprint density at radius 2 is 1.75 bits per heavy atom. The number of carboxylic acids is 2. The van der Waals surface area contributed by atoms with E-state index in [9.17, 15) is 14.4 Å². The molecule has 0 aliphatic heterocycles. The first-order valence-corrected chi connectivity index (χ1v) is 6.18. The van der Waals surface area contributed by atoms with Gasteiger partial charge in [-0.2, -0.15) is 0 Å². The molecule has 0 spiro atoms. The van der Waals surface area contributed by atoms with Crippen molar-refractivity contribution in [2.24, 2.45) is 5.92 Å². The molecule has 1 aromatic rings. The predicted octanol–water partition coefficient (Wildman–Crippen LogP) is 1.59. The molecular weight excluding hydrogens is 286 g/mol. The van der Waals surface area contributed by atoms with E-state index in [1.54, 1.807) is 0 Å². The van der Waals surface area contributed by atoms with E-state index in [1.807, 2.05) is 0 Å². The second-order valence-electron chi connectivity index (χ2n) is 4.33. The van der Waals surface area contributed by atoms with E-state index in [2.05, 4.69) is 0 Å². The van der Waals surface area contributed by atoms with E-state index in [0.29, 0.717) is 5.02 Å². The summed E-state index contributed by atoms with van der Waals surface area (Å²) in [6, 6.07) is 5.94. The van der Waals surface area contributed by atoms with Gasteiger partial charge in [0.15, 0.2) is 0 Å². The van der Waals surface area contributed by atoms with E-state index in [-0.39, 0.29) is 12.1 Å². The van der Waals surface area contributed by atoms with Crippen molar-refractivity contribution in [2.45, 2.75) is 6.92 Å².